The summed E-state index contributed by atoms with van der Waals surface area (Å²) in [6, 6.07) is 3.03. The van der Waals surface area contributed by atoms with Gasteiger partial charge in [-0.05, 0) is 51.2 Å². The summed E-state index contributed by atoms with van der Waals surface area (Å²) < 4.78 is 22.8. The Hall–Kier alpha value is -2.33. The van der Waals surface area contributed by atoms with Crippen molar-refractivity contribution in [1.29, 1.82) is 0 Å². The minimum absolute atomic E-state index is 0.0894. The Morgan fingerprint density at radius 3 is 2.88 bits per heavy atom. The molecule has 5 heterocycles. The lowest BCUT2D eigenvalue weighted by Crippen LogP contribution is -2.47. The van der Waals surface area contributed by atoms with Gasteiger partial charge in [-0.15, -0.1) is 0 Å². The van der Waals surface area contributed by atoms with Crippen molar-refractivity contribution < 1.29 is 19.3 Å². The highest BCUT2D eigenvalue weighted by Gasteiger charge is 2.42. The van der Waals surface area contributed by atoms with E-state index in [1.54, 1.807) is 0 Å². The molecule has 8 nitrogen and oxygen atoms in total. The van der Waals surface area contributed by atoms with Crippen LogP contribution >= 0.6 is 11.6 Å². The molecule has 6 rings (SSSR count). The molecule has 0 amide bonds. The molecule has 3 aliphatic rings. The predicted octanol–water partition coefficient (Wildman–Crippen LogP) is 3.77. The number of imidazole rings is 1. The van der Waals surface area contributed by atoms with Crippen molar-refractivity contribution in [3.05, 3.63) is 35.0 Å². The third-order valence-electron chi connectivity index (χ3n) is 7.16. The largest absolute Gasteiger partial charge is 0.388 e. The van der Waals surface area contributed by atoms with E-state index in [-0.39, 0.29) is 29.8 Å². The van der Waals surface area contributed by atoms with Gasteiger partial charge in [-0.2, -0.15) is 0 Å². The van der Waals surface area contributed by atoms with Crippen molar-refractivity contribution in [2.45, 2.75) is 75.5 Å². The number of nitrogens with zero attached hydrogens (tertiary/aromatic N) is 4. The fraction of sp³-hybridized carbons (Fsp3) is 0.522. The van der Waals surface area contributed by atoms with Crippen LogP contribution in [0.2, 0.25) is 5.02 Å². The summed E-state index contributed by atoms with van der Waals surface area (Å²) in [5, 5.41) is 24.5. The van der Waals surface area contributed by atoms with Gasteiger partial charge in [0, 0.05) is 11.6 Å². The molecule has 2 unspecified atom stereocenters. The standard InChI is InChI=1S/C23H25ClFN5O3/c1-10-2-4-17(31)22-28-20-14(25)6-11(7-16(20)30(10)22)19-13(24)9-26-23(29-19)27-15-8-12-3-5-18(33-12)21(15)32/h6-7,9-10,12,15,17-18,21,31-32H,2-5,8H2,1H3,(H,26,27,29)/t10?,12-,15-,17?,18+,21+/m1/s1. The van der Waals surface area contributed by atoms with Crippen LogP contribution in [0.15, 0.2) is 18.3 Å². The van der Waals surface area contributed by atoms with E-state index in [9.17, 15) is 10.2 Å². The molecule has 3 aliphatic heterocycles. The first-order chi connectivity index (χ1) is 15.9. The summed E-state index contributed by atoms with van der Waals surface area (Å²) in [5.74, 6) is 0.308. The van der Waals surface area contributed by atoms with E-state index in [0.29, 0.717) is 46.4 Å². The third kappa shape index (κ3) is 3.49. The normalized spacial score (nSPS) is 31.1. The highest BCUT2D eigenvalue weighted by atomic mass is 35.5. The maximum Gasteiger partial charge on any atom is 0.223 e. The van der Waals surface area contributed by atoms with Crippen molar-refractivity contribution in [2.75, 3.05) is 5.32 Å². The number of hydrogen-bond acceptors (Lipinski definition) is 7. The van der Waals surface area contributed by atoms with Gasteiger partial charge in [-0.3, -0.25) is 0 Å². The average molecular weight is 474 g/mol. The molecule has 3 N–H and O–H groups in total. The first kappa shape index (κ1) is 21.2. The van der Waals surface area contributed by atoms with Crippen molar-refractivity contribution in [3.8, 4) is 11.3 Å². The van der Waals surface area contributed by atoms with Crippen LogP contribution in [-0.2, 0) is 4.74 Å². The predicted molar refractivity (Wildman–Crippen MR) is 121 cm³/mol. The number of aromatic nitrogens is 4. The molecule has 0 aliphatic carbocycles. The van der Waals surface area contributed by atoms with E-state index in [2.05, 4.69) is 20.3 Å². The number of fused-ring (bicyclic) bond motifs is 5. The molecule has 3 aromatic rings. The summed E-state index contributed by atoms with van der Waals surface area (Å²) in [6.07, 6.45) is 3.92. The Labute approximate surface area is 194 Å². The molecule has 33 heavy (non-hydrogen) atoms. The monoisotopic (exact) mass is 473 g/mol. The summed E-state index contributed by atoms with van der Waals surface area (Å²) >= 11 is 6.42. The van der Waals surface area contributed by atoms with Crippen molar-refractivity contribution in [1.82, 2.24) is 19.5 Å². The van der Waals surface area contributed by atoms with E-state index in [1.807, 2.05) is 17.6 Å². The third-order valence-corrected chi connectivity index (χ3v) is 7.43. The zero-order chi connectivity index (χ0) is 22.9. The van der Waals surface area contributed by atoms with Crippen molar-refractivity contribution in [2.24, 2.45) is 0 Å². The summed E-state index contributed by atoms with van der Waals surface area (Å²) in [7, 11) is 0. The number of aliphatic hydroxyl groups is 2. The number of halogens is 2. The minimum atomic E-state index is -0.712. The molecular weight excluding hydrogens is 449 g/mol. The number of nitrogens with one attached hydrogen (secondary N) is 1. The Morgan fingerprint density at radius 2 is 2.03 bits per heavy atom. The van der Waals surface area contributed by atoms with Crippen LogP contribution in [0.3, 0.4) is 0 Å². The van der Waals surface area contributed by atoms with Crippen LogP contribution in [0.5, 0.6) is 0 Å². The summed E-state index contributed by atoms with van der Waals surface area (Å²) in [4.78, 5) is 13.2. The Kier molecular flexibility index (Phi) is 5.06. The summed E-state index contributed by atoms with van der Waals surface area (Å²) in [5.41, 5.74) is 1.72. The van der Waals surface area contributed by atoms with Crippen LogP contribution in [0.25, 0.3) is 22.3 Å². The van der Waals surface area contributed by atoms with E-state index < -0.39 is 18.0 Å². The quantitative estimate of drug-likeness (QED) is 0.531. The van der Waals surface area contributed by atoms with E-state index in [0.717, 1.165) is 19.3 Å². The Bertz CT molecular complexity index is 1240. The lowest BCUT2D eigenvalue weighted by Gasteiger charge is -2.33. The van der Waals surface area contributed by atoms with Gasteiger partial charge in [0.1, 0.15) is 23.5 Å². The Morgan fingerprint density at radius 1 is 1.18 bits per heavy atom. The highest BCUT2D eigenvalue weighted by molar-refractivity contribution is 6.33. The number of aliphatic hydroxyl groups excluding tert-OH is 2. The first-order valence-corrected chi connectivity index (χ1v) is 11.8. The molecule has 0 radical (unpaired) electrons. The van der Waals surface area contributed by atoms with Crippen LogP contribution < -0.4 is 5.32 Å². The molecule has 6 atom stereocenters. The second-order valence-corrected chi connectivity index (χ2v) is 9.76. The molecule has 0 saturated carbocycles. The topological polar surface area (TPSA) is 105 Å². The number of rotatable bonds is 3. The lowest BCUT2D eigenvalue weighted by molar-refractivity contribution is -0.0811. The Balaban J connectivity index is 1.38. The smallest absolute Gasteiger partial charge is 0.223 e. The maximum absolute atomic E-state index is 15.1. The molecule has 0 spiro atoms. The second kappa shape index (κ2) is 7.87. The van der Waals surface area contributed by atoms with Crippen LogP contribution in [0, 0.1) is 5.82 Å². The number of ether oxygens (including phenoxy) is 1. The zero-order valence-electron chi connectivity index (χ0n) is 18.1. The van der Waals surface area contributed by atoms with Crippen molar-refractivity contribution >= 4 is 28.6 Å². The lowest BCUT2D eigenvalue weighted by atomic mass is 10.0. The molecule has 174 valence electrons. The fourth-order valence-electron chi connectivity index (χ4n) is 5.45. The van der Waals surface area contributed by atoms with Gasteiger partial charge in [0.05, 0.1) is 40.7 Å². The fourth-order valence-corrected chi connectivity index (χ4v) is 5.65. The molecule has 2 bridgehead atoms. The van der Waals surface area contributed by atoms with Crippen LogP contribution in [0.1, 0.15) is 57.0 Å². The average Bonchev–Trinajstić information content (AvgIpc) is 3.39. The zero-order valence-corrected chi connectivity index (χ0v) is 18.8. The number of anilines is 1. The molecule has 2 fully saturated rings. The van der Waals surface area contributed by atoms with Gasteiger partial charge in [0.2, 0.25) is 5.95 Å². The first-order valence-electron chi connectivity index (χ1n) is 11.4. The van der Waals surface area contributed by atoms with Crippen LogP contribution in [0.4, 0.5) is 10.3 Å². The van der Waals surface area contributed by atoms with Gasteiger partial charge in [0.25, 0.3) is 0 Å². The number of hydrogen-bond donors (Lipinski definition) is 3. The molecule has 10 heteroatoms. The summed E-state index contributed by atoms with van der Waals surface area (Å²) in [6.45, 7) is 2.03. The minimum Gasteiger partial charge on any atom is -0.388 e. The van der Waals surface area contributed by atoms with E-state index >= 15 is 4.39 Å². The van der Waals surface area contributed by atoms with Crippen molar-refractivity contribution in [3.63, 3.8) is 0 Å². The molecule has 2 saturated heterocycles. The van der Waals surface area contributed by atoms with Gasteiger partial charge in [0.15, 0.2) is 5.82 Å². The number of benzene rings is 1. The molecule has 1 aromatic carbocycles. The highest BCUT2D eigenvalue weighted by Crippen LogP contribution is 2.38. The molecular formula is C23H25ClFN5O3. The van der Waals surface area contributed by atoms with Gasteiger partial charge in [-0.1, -0.05) is 11.6 Å². The van der Waals surface area contributed by atoms with E-state index in [1.165, 1.54) is 12.3 Å². The molecule has 2 aromatic heterocycles. The van der Waals surface area contributed by atoms with E-state index in [4.69, 9.17) is 16.3 Å². The van der Waals surface area contributed by atoms with Gasteiger partial charge >= 0.3 is 0 Å². The second-order valence-electron chi connectivity index (χ2n) is 9.35. The van der Waals surface area contributed by atoms with Crippen LogP contribution in [-0.4, -0.2) is 54.1 Å². The SMILES string of the molecule is CC1CCC(O)c2nc3c(F)cc(-c4nc(N[C@@H]5C[C@H]6CC[C@H](O6)[C@H]5O)ncc4Cl)cc3n21. The van der Waals surface area contributed by atoms with Gasteiger partial charge in [-0.25, -0.2) is 19.3 Å². The van der Waals surface area contributed by atoms with Gasteiger partial charge < -0.3 is 24.8 Å². The maximum atomic E-state index is 15.1.